The van der Waals surface area contributed by atoms with Crippen LogP contribution in [0.5, 0.6) is 0 Å². The molecule has 0 spiro atoms. The summed E-state index contributed by atoms with van der Waals surface area (Å²) in [5.74, 6) is 0. The molecule has 3 rings (SSSR count). The van der Waals surface area contributed by atoms with Crippen LogP contribution in [0.3, 0.4) is 0 Å². The smallest absolute Gasteiger partial charge is 0.0338 e. The molecule has 2 nitrogen and oxygen atoms in total. The highest BCUT2D eigenvalue weighted by Gasteiger charge is 2.21. The highest BCUT2D eigenvalue weighted by molar-refractivity contribution is 5.33. The molecule has 2 aliphatic rings. The van der Waals surface area contributed by atoms with Crippen molar-refractivity contribution in [2.75, 3.05) is 6.54 Å². The summed E-state index contributed by atoms with van der Waals surface area (Å²) in [5, 5.41) is 7.23. The summed E-state index contributed by atoms with van der Waals surface area (Å²) in [6.07, 6.45) is 5.40. The van der Waals surface area contributed by atoms with Gasteiger partial charge in [0.25, 0.3) is 0 Å². The summed E-state index contributed by atoms with van der Waals surface area (Å²) in [7, 11) is 0. The van der Waals surface area contributed by atoms with Crippen molar-refractivity contribution in [3.05, 3.63) is 35.4 Å². The maximum absolute atomic E-state index is 3.64. The standard InChI is InChI=1S/C14H20N2/c1-2-7-13-11(4-1)10-16-14(13)8-9-15-12-5-3-6-12/h1-2,4,7,12,14-16H,3,5-6,8-10H2. The van der Waals surface area contributed by atoms with Gasteiger partial charge >= 0.3 is 0 Å². The van der Waals surface area contributed by atoms with E-state index in [9.17, 15) is 0 Å². The van der Waals surface area contributed by atoms with E-state index in [1.165, 1.54) is 36.8 Å². The van der Waals surface area contributed by atoms with Gasteiger partial charge in [-0.2, -0.15) is 0 Å². The van der Waals surface area contributed by atoms with Crippen LogP contribution in [0.2, 0.25) is 0 Å². The second-order valence-corrected chi connectivity index (χ2v) is 5.00. The first-order valence-corrected chi connectivity index (χ1v) is 6.48. The molecule has 1 saturated carbocycles. The van der Waals surface area contributed by atoms with E-state index in [0.29, 0.717) is 6.04 Å². The Morgan fingerprint density at radius 3 is 2.94 bits per heavy atom. The van der Waals surface area contributed by atoms with Gasteiger partial charge in [0.05, 0.1) is 0 Å². The Hall–Kier alpha value is -0.860. The number of hydrogen-bond acceptors (Lipinski definition) is 2. The number of benzene rings is 1. The molecule has 1 unspecified atom stereocenters. The number of fused-ring (bicyclic) bond motifs is 1. The third kappa shape index (κ3) is 2.00. The van der Waals surface area contributed by atoms with Crippen molar-refractivity contribution in [1.82, 2.24) is 10.6 Å². The SMILES string of the molecule is c1ccc2c(c1)CNC2CCNC1CCC1. The van der Waals surface area contributed by atoms with Crippen LogP contribution in [-0.2, 0) is 6.54 Å². The van der Waals surface area contributed by atoms with Gasteiger partial charge in [0.1, 0.15) is 0 Å². The predicted molar refractivity (Wildman–Crippen MR) is 66.3 cm³/mol. The molecule has 0 saturated heterocycles. The van der Waals surface area contributed by atoms with Crippen LogP contribution in [0.1, 0.15) is 42.9 Å². The quantitative estimate of drug-likeness (QED) is 0.807. The molecule has 1 heterocycles. The van der Waals surface area contributed by atoms with Crippen molar-refractivity contribution in [2.45, 2.75) is 44.3 Å². The molecular weight excluding hydrogens is 196 g/mol. The van der Waals surface area contributed by atoms with E-state index in [4.69, 9.17) is 0 Å². The summed E-state index contributed by atoms with van der Waals surface area (Å²) in [4.78, 5) is 0. The third-order valence-electron chi connectivity index (χ3n) is 3.94. The molecule has 1 fully saturated rings. The van der Waals surface area contributed by atoms with Crippen molar-refractivity contribution < 1.29 is 0 Å². The van der Waals surface area contributed by atoms with E-state index >= 15 is 0 Å². The molecule has 1 aliphatic carbocycles. The molecule has 2 heteroatoms. The number of nitrogens with one attached hydrogen (secondary N) is 2. The molecule has 1 atom stereocenters. The Labute approximate surface area is 97.4 Å². The summed E-state index contributed by atoms with van der Waals surface area (Å²) in [6.45, 7) is 2.20. The van der Waals surface area contributed by atoms with Crippen molar-refractivity contribution in [3.8, 4) is 0 Å². The van der Waals surface area contributed by atoms with Crippen molar-refractivity contribution >= 4 is 0 Å². The molecule has 0 radical (unpaired) electrons. The van der Waals surface area contributed by atoms with E-state index in [-0.39, 0.29) is 0 Å². The highest BCUT2D eigenvalue weighted by atomic mass is 15.0. The molecule has 0 amide bonds. The Kier molecular flexibility index (Phi) is 2.94. The second-order valence-electron chi connectivity index (χ2n) is 5.00. The van der Waals surface area contributed by atoms with Crippen LogP contribution in [0.4, 0.5) is 0 Å². The fourth-order valence-electron chi connectivity index (χ4n) is 2.68. The molecule has 1 aliphatic heterocycles. The average Bonchev–Trinajstić information content (AvgIpc) is 2.65. The topological polar surface area (TPSA) is 24.1 Å². The first-order valence-electron chi connectivity index (χ1n) is 6.48. The summed E-state index contributed by atoms with van der Waals surface area (Å²) < 4.78 is 0. The molecule has 0 aromatic heterocycles. The molecule has 0 bridgehead atoms. The lowest BCUT2D eigenvalue weighted by Gasteiger charge is -2.27. The van der Waals surface area contributed by atoms with Crippen LogP contribution < -0.4 is 10.6 Å². The van der Waals surface area contributed by atoms with E-state index in [0.717, 1.165) is 19.1 Å². The minimum absolute atomic E-state index is 0.573. The maximum atomic E-state index is 3.64. The van der Waals surface area contributed by atoms with Gasteiger partial charge in [-0.1, -0.05) is 30.7 Å². The number of rotatable bonds is 4. The summed E-state index contributed by atoms with van der Waals surface area (Å²) >= 11 is 0. The van der Waals surface area contributed by atoms with Gasteiger partial charge in [0.2, 0.25) is 0 Å². The summed E-state index contributed by atoms with van der Waals surface area (Å²) in [5.41, 5.74) is 2.99. The van der Waals surface area contributed by atoms with Crippen LogP contribution in [0, 0.1) is 0 Å². The minimum atomic E-state index is 0.573. The van der Waals surface area contributed by atoms with E-state index in [1.54, 1.807) is 0 Å². The van der Waals surface area contributed by atoms with E-state index < -0.39 is 0 Å². The molecule has 16 heavy (non-hydrogen) atoms. The lowest BCUT2D eigenvalue weighted by Crippen LogP contribution is -2.36. The lowest BCUT2D eigenvalue weighted by molar-refractivity contribution is 0.331. The van der Waals surface area contributed by atoms with Crippen molar-refractivity contribution in [3.63, 3.8) is 0 Å². The first kappa shape index (κ1) is 10.3. The maximum Gasteiger partial charge on any atom is 0.0338 e. The summed E-state index contributed by atoms with van der Waals surface area (Å²) in [6, 6.07) is 10.2. The lowest BCUT2D eigenvalue weighted by atomic mass is 9.93. The number of hydrogen-bond donors (Lipinski definition) is 2. The van der Waals surface area contributed by atoms with Crippen molar-refractivity contribution in [2.24, 2.45) is 0 Å². The minimum Gasteiger partial charge on any atom is -0.314 e. The monoisotopic (exact) mass is 216 g/mol. The second kappa shape index (κ2) is 4.56. The van der Waals surface area contributed by atoms with E-state index in [1.807, 2.05) is 0 Å². The largest absolute Gasteiger partial charge is 0.314 e. The normalized spacial score (nSPS) is 24.1. The van der Waals surface area contributed by atoms with Crippen molar-refractivity contribution in [1.29, 1.82) is 0 Å². The molecular formula is C14H20N2. The molecule has 86 valence electrons. The van der Waals surface area contributed by atoms with Crippen LogP contribution in [0.25, 0.3) is 0 Å². The zero-order valence-corrected chi connectivity index (χ0v) is 9.71. The van der Waals surface area contributed by atoms with Gasteiger partial charge in [0.15, 0.2) is 0 Å². The highest BCUT2D eigenvalue weighted by Crippen LogP contribution is 2.27. The Bertz CT molecular complexity index is 358. The Morgan fingerprint density at radius 2 is 2.12 bits per heavy atom. The fourth-order valence-corrected chi connectivity index (χ4v) is 2.68. The van der Waals surface area contributed by atoms with E-state index in [2.05, 4.69) is 34.9 Å². The van der Waals surface area contributed by atoms with Crippen LogP contribution >= 0.6 is 0 Å². The van der Waals surface area contributed by atoms with Gasteiger partial charge in [-0.25, -0.2) is 0 Å². The average molecular weight is 216 g/mol. The fraction of sp³-hybridized carbons (Fsp3) is 0.571. The van der Waals surface area contributed by atoms with Crippen LogP contribution in [-0.4, -0.2) is 12.6 Å². The molecule has 1 aromatic rings. The van der Waals surface area contributed by atoms with Gasteiger partial charge in [0, 0.05) is 18.6 Å². The Morgan fingerprint density at radius 1 is 1.25 bits per heavy atom. The predicted octanol–water partition coefficient (Wildman–Crippen LogP) is 2.36. The zero-order chi connectivity index (χ0) is 10.8. The van der Waals surface area contributed by atoms with Gasteiger partial charge in [-0.15, -0.1) is 0 Å². The van der Waals surface area contributed by atoms with Crippen LogP contribution in [0.15, 0.2) is 24.3 Å². The first-order chi connectivity index (χ1) is 7.93. The Balaban J connectivity index is 1.52. The van der Waals surface area contributed by atoms with Gasteiger partial charge in [-0.05, 0) is 36.9 Å². The molecule has 2 N–H and O–H groups in total. The van der Waals surface area contributed by atoms with Gasteiger partial charge in [-0.3, -0.25) is 0 Å². The van der Waals surface area contributed by atoms with Gasteiger partial charge < -0.3 is 10.6 Å². The third-order valence-corrected chi connectivity index (χ3v) is 3.94. The zero-order valence-electron chi connectivity index (χ0n) is 9.71. The molecule has 1 aromatic carbocycles.